The maximum atomic E-state index is 12.2. The Morgan fingerprint density at radius 1 is 1.24 bits per heavy atom. The van der Waals surface area contributed by atoms with Gasteiger partial charge in [-0.1, -0.05) is 0 Å². The summed E-state index contributed by atoms with van der Waals surface area (Å²) < 4.78 is 10.2. The largest absolute Gasteiger partial charge is 0.497 e. The molecule has 2 aromatic rings. The second-order valence-electron chi connectivity index (χ2n) is 5.81. The number of anilines is 2. The van der Waals surface area contributed by atoms with Gasteiger partial charge in [-0.3, -0.25) is 0 Å². The topological polar surface area (TPSA) is 59.6 Å². The highest BCUT2D eigenvalue weighted by Gasteiger charge is 2.27. The molecular formula is C18H20N2O3S2. The van der Waals surface area contributed by atoms with Crippen LogP contribution in [0.15, 0.2) is 18.2 Å². The minimum Gasteiger partial charge on any atom is -0.497 e. The van der Waals surface area contributed by atoms with Gasteiger partial charge in [-0.25, -0.2) is 4.79 Å². The second kappa shape index (κ2) is 7.41. The van der Waals surface area contributed by atoms with Gasteiger partial charge < -0.3 is 20.1 Å². The number of thiophene rings is 1. The highest BCUT2D eigenvalue weighted by molar-refractivity contribution is 7.80. The SMILES string of the molecule is COC(=O)c1c(NC(=S)Nc2ccc(OC)cc2C)sc2c1CCC2. The standard InChI is InChI=1S/C18H20N2O3S2/c1-10-9-11(22-2)7-8-13(10)19-18(24)20-16-15(17(21)23-3)12-5-4-6-14(12)25-16/h7-9H,4-6H2,1-3H3,(H2,19,20,24). The van der Waals surface area contributed by atoms with Gasteiger partial charge in [0.2, 0.25) is 0 Å². The van der Waals surface area contributed by atoms with E-state index in [1.54, 1.807) is 18.4 Å². The van der Waals surface area contributed by atoms with Crippen molar-refractivity contribution >= 4 is 45.3 Å². The highest BCUT2D eigenvalue weighted by atomic mass is 32.1. The Morgan fingerprint density at radius 3 is 2.72 bits per heavy atom. The lowest BCUT2D eigenvalue weighted by Crippen LogP contribution is -2.20. The summed E-state index contributed by atoms with van der Waals surface area (Å²) in [5.74, 6) is 0.481. The summed E-state index contributed by atoms with van der Waals surface area (Å²) in [4.78, 5) is 13.4. The molecular weight excluding hydrogens is 356 g/mol. The third kappa shape index (κ3) is 3.62. The summed E-state index contributed by atoms with van der Waals surface area (Å²) >= 11 is 7.01. The minimum absolute atomic E-state index is 0.315. The third-order valence-electron chi connectivity index (χ3n) is 4.22. The third-order valence-corrected chi connectivity index (χ3v) is 5.63. The molecule has 7 heteroatoms. The molecule has 5 nitrogen and oxygen atoms in total. The average Bonchev–Trinajstić information content (AvgIpc) is 3.16. The van der Waals surface area contributed by atoms with E-state index >= 15 is 0 Å². The van der Waals surface area contributed by atoms with Crippen molar-refractivity contribution in [1.29, 1.82) is 0 Å². The van der Waals surface area contributed by atoms with Gasteiger partial charge in [0, 0.05) is 10.6 Å². The van der Waals surface area contributed by atoms with E-state index in [9.17, 15) is 4.79 Å². The number of thiocarbonyl (C=S) groups is 1. The normalized spacial score (nSPS) is 12.4. The molecule has 0 radical (unpaired) electrons. The fourth-order valence-electron chi connectivity index (χ4n) is 2.97. The summed E-state index contributed by atoms with van der Waals surface area (Å²) in [6.07, 6.45) is 3.00. The molecule has 0 bridgehead atoms. The Balaban J connectivity index is 1.79. The summed E-state index contributed by atoms with van der Waals surface area (Å²) in [6, 6.07) is 5.72. The molecule has 3 rings (SSSR count). The van der Waals surface area contributed by atoms with Crippen LogP contribution in [-0.2, 0) is 17.6 Å². The first-order valence-electron chi connectivity index (χ1n) is 7.99. The molecule has 1 aliphatic carbocycles. The van der Waals surface area contributed by atoms with E-state index in [-0.39, 0.29) is 5.97 Å². The number of hydrogen-bond donors (Lipinski definition) is 2. The van der Waals surface area contributed by atoms with E-state index in [1.807, 2.05) is 25.1 Å². The number of ether oxygens (including phenoxy) is 2. The van der Waals surface area contributed by atoms with Crippen molar-refractivity contribution in [3.8, 4) is 5.75 Å². The number of carbonyl (C=O) groups is 1. The average molecular weight is 377 g/mol. The van der Waals surface area contributed by atoms with E-state index in [2.05, 4.69) is 10.6 Å². The van der Waals surface area contributed by atoms with E-state index in [0.717, 1.165) is 46.8 Å². The van der Waals surface area contributed by atoms with Crippen LogP contribution in [0.4, 0.5) is 10.7 Å². The molecule has 2 N–H and O–H groups in total. The van der Waals surface area contributed by atoms with Crippen LogP contribution in [-0.4, -0.2) is 25.3 Å². The Morgan fingerprint density at radius 2 is 2.04 bits per heavy atom. The van der Waals surface area contributed by atoms with Crippen molar-refractivity contribution in [3.63, 3.8) is 0 Å². The van der Waals surface area contributed by atoms with Gasteiger partial charge in [0.15, 0.2) is 5.11 Å². The van der Waals surface area contributed by atoms with Gasteiger partial charge in [-0.2, -0.15) is 0 Å². The molecule has 132 valence electrons. The van der Waals surface area contributed by atoms with E-state index in [4.69, 9.17) is 21.7 Å². The van der Waals surface area contributed by atoms with Crippen LogP contribution in [0.5, 0.6) is 5.75 Å². The number of esters is 1. The molecule has 0 aliphatic heterocycles. The molecule has 0 spiro atoms. The number of aryl methyl sites for hydroxylation is 2. The lowest BCUT2D eigenvalue weighted by atomic mass is 10.1. The first kappa shape index (κ1) is 17.7. The summed E-state index contributed by atoms with van der Waals surface area (Å²) in [7, 11) is 3.04. The molecule has 1 heterocycles. The van der Waals surface area contributed by atoms with Crippen molar-refractivity contribution in [1.82, 2.24) is 0 Å². The lowest BCUT2D eigenvalue weighted by molar-refractivity contribution is 0.0601. The minimum atomic E-state index is -0.315. The van der Waals surface area contributed by atoms with Gasteiger partial charge in [0.25, 0.3) is 0 Å². The van der Waals surface area contributed by atoms with Crippen LogP contribution < -0.4 is 15.4 Å². The second-order valence-corrected chi connectivity index (χ2v) is 7.33. The van der Waals surface area contributed by atoms with Crippen LogP contribution in [0, 0.1) is 6.92 Å². The Labute approximate surface area is 156 Å². The number of benzene rings is 1. The molecule has 1 aliphatic rings. The first-order valence-corrected chi connectivity index (χ1v) is 9.21. The molecule has 0 amide bonds. The molecule has 0 fully saturated rings. The van der Waals surface area contributed by atoms with Crippen molar-refractivity contribution < 1.29 is 14.3 Å². The van der Waals surface area contributed by atoms with Crippen molar-refractivity contribution in [2.24, 2.45) is 0 Å². The van der Waals surface area contributed by atoms with Gasteiger partial charge in [-0.15, -0.1) is 11.3 Å². The molecule has 0 saturated carbocycles. The lowest BCUT2D eigenvalue weighted by Gasteiger charge is -2.13. The summed E-state index contributed by atoms with van der Waals surface area (Å²) in [5.41, 5.74) is 3.63. The number of methoxy groups -OCH3 is 2. The van der Waals surface area contributed by atoms with Crippen LogP contribution in [0.3, 0.4) is 0 Å². The highest BCUT2D eigenvalue weighted by Crippen LogP contribution is 2.39. The van der Waals surface area contributed by atoms with Gasteiger partial charge in [0.05, 0.1) is 19.8 Å². The zero-order valence-electron chi connectivity index (χ0n) is 14.4. The Kier molecular flexibility index (Phi) is 5.24. The zero-order chi connectivity index (χ0) is 18.0. The predicted octanol–water partition coefficient (Wildman–Crippen LogP) is 4.15. The molecule has 1 aromatic heterocycles. The summed E-state index contributed by atoms with van der Waals surface area (Å²) in [6.45, 7) is 1.98. The van der Waals surface area contributed by atoms with Crippen LogP contribution in [0.25, 0.3) is 0 Å². The quantitative estimate of drug-likeness (QED) is 0.617. The first-order chi connectivity index (χ1) is 12.0. The monoisotopic (exact) mass is 376 g/mol. The van der Waals surface area contributed by atoms with Crippen LogP contribution >= 0.6 is 23.6 Å². The Bertz CT molecular complexity index is 830. The number of fused-ring (bicyclic) bond motifs is 1. The number of hydrogen-bond acceptors (Lipinski definition) is 5. The van der Waals surface area contributed by atoms with Gasteiger partial charge in [-0.05, 0) is 67.7 Å². The van der Waals surface area contributed by atoms with Crippen molar-refractivity contribution in [2.75, 3.05) is 24.9 Å². The maximum absolute atomic E-state index is 12.2. The van der Waals surface area contributed by atoms with Crippen molar-refractivity contribution in [3.05, 3.63) is 39.8 Å². The maximum Gasteiger partial charge on any atom is 0.341 e. The van der Waals surface area contributed by atoms with Crippen LogP contribution in [0.1, 0.15) is 32.8 Å². The van der Waals surface area contributed by atoms with Crippen LogP contribution in [0.2, 0.25) is 0 Å². The zero-order valence-corrected chi connectivity index (χ0v) is 16.0. The summed E-state index contributed by atoms with van der Waals surface area (Å²) in [5, 5.41) is 7.54. The molecule has 0 unspecified atom stereocenters. The fraction of sp³-hybridized carbons (Fsp3) is 0.333. The van der Waals surface area contributed by atoms with E-state index in [0.29, 0.717) is 10.7 Å². The fourth-order valence-corrected chi connectivity index (χ4v) is 4.53. The number of nitrogens with one attached hydrogen (secondary N) is 2. The van der Waals surface area contributed by atoms with Crippen molar-refractivity contribution in [2.45, 2.75) is 26.2 Å². The van der Waals surface area contributed by atoms with Gasteiger partial charge in [0.1, 0.15) is 10.8 Å². The molecule has 1 aromatic carbocycles. The molecule has 0 saturated heterocycles. The van der Waals surface area contributed by atoms with Gasteiger partial charge >= 0.3 is 5.97 Å². The van der Waals surface area contributed by atoms with E-state index in [1.165, 1.54) is 12.0 Å². The number of carbonyl (C=O) groups excluding carboxylic acids is 1. The molecule has 25 heavy (non-hydrogen) atoms. The predicted molar refractivity (Wildman–Crippen MR) is 105 cm³/mol. The smallest absolute Gasteiger partial charge is 0.341 e. The number of rotatable bonds is 4. The Hall–Kier alpha value is -2.12. The molecule has 0 atom stereocenters. The van der Waals surface area contributed by atoms with E-state index < -0.39 is 0 Å².